The third kappa shape index (κ3) is 11.5. The summed E-state index contributed by atoms with van der Waals surface area (Å²) in [6, 6.07) is 58.9. The van der Waals surface area contributed by atoms with Crippen molar-refractivity contribution in [2.75, 3.05) is 13.1 Å². The van der Waals surface area contributed by atoms with Gasteiger partial charge in [-0.05, 0) is 84.5 Å². The number of carbonyl (C=O) groups is 2. The number of nitrogens with one attached hydrogen (secondary N) is 4. The Morgan fingerprint density at radius 2 is 0.742 bits per heavy atom. The molecule has 2 amide bonds. The van der Waals surface area contributed by atoms with Gasteiger partial charge in [0, 0.05) is 48.4 Å². The summed E-state index contributed by atoms with van der Waals surface area (Å²) >= 11 is 0. The second-order valence-electron chi connectivity index (χ2n) is 17.0. The van der Waals surface area contributed by atoms with Crippen molar-refractivity contribution >= 4 is 59.5 Å². The fourth-order valence-electron chi connectivity index (χ4n) is 8.46. The Kier molecular flexibility index (Phi) is 16.3. The topological polar surface area (TPSA) is 82.3 Å². The molecule has 1 saturated carbocycles. The summed E-state index contributed by atoms with van der Waals surface area (Å²) in [6.07, 6.45) is 4.45. The van der Waals surface area contributed by atoms with Gasteiger partial charge in [-0.25, -0.2) is 0 Å². The van der Waals surface area contributed by atoms with Crippen LogP contribution in [0.3, 0.4) is 0 Å². The normalized spacial score (nSPS) is 16.3. The first kappa shape index (κ1) is 45.1. The minimum absolute atomic E-state index is 0.0315. The molecule has 0 spiro atoms. The number of rotatable bonds is 18. The number of carbonyl (C=O) groups excluding carboxylic acids is 2. The van der Waals surface area contributed by atoms with E-state index in [9.17, 15) is 9.59 Å². The van der Waals surface area contributed by atoms with E-state index in [4.69, 9.17) is 0 Å². The van der Waals surface area contributed by atoms with Crippen LogP contribution in [0.5, 0.6) is 0 Å². The fourth-order valence-corrected chi connectivity index (χ4v) is 13.4. The van der Waals surface area contributed by atoms with E-state index >= 15 is 0 Å². The molecular weight excluding hydrogens is 799 g/mol. The monoisotopic (exact) mass is 860 g/mol. The van der Waals surface area contributed by atoms with E-state index in [0.29, 0.717) is 13.1 Å². The van der Waals surface area contributed by atoms with Gasteiger partial charge >= 0.3 is 0 Å². The van der Waals surface area contributed by atoms with Crippen molar-refractivity contribution in [3.63, 3.8) is 0 Å². The van der Waals surface area contributed by atoms with E-state index in [2.05, 4.69) is 158 Å². The van der Waals surface area contributed by atoms with Crippen molar-refractivity contribution in [1.29, 1.82) is 0 Å². The largest absolute Gasteiger partial charge is 0.348 e. The summed E-state index contributed by atoms with van der Waals surface area (Å²) < 4.78 is 0. The first-order valence-electron chi connectivity index (χ1n) is 22.4. The van der Waals surface area contributed by atoms with Gasteiger partial charge in [0.1, 0.15) is 0 Å². The molecule has 6 aromatic rings. The molecule has 6 aromatic carbocycles. The predicted octanol–water partition coefficient (Wildman–Crippen LogP) is 7.90. The van der Waals surface area contributed by atoms with Crippen LogP contribution in [0, 0.1) is 11.8 Å². The lowest BCUT2D eigenvalue weighted by molar-refractivity contribution is 0.0913. The molecule has 0 heterocycles. The van der Waals surface area contributed by atoms with Crippen LogP contribution in [0.15, 0.2) is 170 Å². The average Bonchev–Trinajstić information content (AvgIpc) is 3.31. The first-order valence-corrected chi connectivity index (χ1v) is 25.0. The fraction of sp³-hybridized carbons (Fsp3) is 0.296. The maximum Gasteiger partial charge on any atom is 0.252 e. The van der Waals surface area contributed by atoms with Crippen molar-refractivity contribution in [1.82, 2.24) is 21.3 Å². The molecule has 7 rings (SSSR count). The molecule has 4 N–H and O–H groups in total. The number of benzene rings is 6. The molecule has 320 valence electrons. The Balaban J connectivity index is 1.02. The third-order valence-corrected chi connectivity index (χ3v) is 17.0. The second kappa shape index (κ2) is 22.4. The summed E-state index contributed by atoms with van der Waals surface area (Å²) in [5.41, 5.74) is 1.46. The van der Waals surface area contributed by atoms with Crippen LogP contribution in [-0.2, 0) is 0 Å². The van der Waals surface area contributed by atoms with Crippen molar-refractivity contribution in [2.45, 2.75) is 77.5 Å². The van der Waals surface area contributed by atoms with E-state index in [-0.39, 0.29) is 47.8 Å². The maximum atomic E-state index is 14.3. The van der Waals surface area contributed by atoms with Crippen molar-refractivity contribution in [2.24, 2.45) is 11.8 Å². The molecule has 0 saturated heterocycles. The zero-order chi connectivity index (χ0) is 43.3. The molecular formula is C54H62N4O2P2. The average molecular weight is 861 g/mol. The van der Waals surface area contributed by atoms with Gasteiger partial charge in [-0.3, -0.25) is 9.59 Å². The molecule has 6 nitrogen and oxygen atoms in total. The van der Waals surface area contributed by atoms with Crippen LogP contribution in [0.1, 0.15) is 74.1 Å². The van der Waals surface area contributed by atoms with Gasteiger partial charge in [-0.15, -0.1) is 0 Å². The van der Waals surface area contributed by atoms with Gasteiger partial charge in [0.05, 0.1) is 0 Å². The summed E-state index contributed by atoms with van der Waals surface area (Å²) in [5.74, 6) is 0.394. The second-order valence-corrected chi connectivity index (χ2v) is 21.4. The molecule has 1 aliphatic rings. The van der Waals surface area contributed by atoms with Crippen LogP contribution < -0.4 is 53.1 Å². The van der Waals surface area contributed by atoms with E-state index in [0.717, 1.165) is 47.4 Å². The minimum Gasteiger partial charge on any atom is -0.348 e. The zero-order valence-corrected chi connectivity index (χ0v) is 38.4. The van der Waals surface area contributed by atoms with Gasteiger partial charge in [0.15, 0.2) is 0 Å². The van der Waals surface area contributed by atoms with E-state index in [1.165, 1.54) is 21.2 Å². The Morgan fingerprint density at radius 3 is 1.05 bits per heavy atom. The highest BCUT2D eigenvalue weighted by Crippen LogP contribution is 2.35. The van der Waals surface area contributed by atoms with Crippen LogP contribution in [-0.4, -0.2) is 49.1 Å². The lowest BCUT2D eigenvalue weighted by atomic mass is 9.89. The molecule has 0 unspecified atom stereocenters. The first-order chi connectivity index (χ1) is 30.3. The van der Waals surface area contributed by atoms with Gasteiger partial charge in [0.2, 0.25) is 0 Å². The Labute approximate surface area is 372 Å². The summed E-state index contributed by atoms with van der Waals surface area (Å²) in [4.78, 5) is 28.6. The molecule has 1 fully saturated rings. The van der Waals surface area contributed by atoms with Crippen molar-refractivity contribution in [3.05, 3.63) is 181 Å². The zero-order valence-electron chi connectivity index (χ0n) is 36.6. The van der Waals surface area contributed by atoms with E-state index < -0.39 is 15.8 Å². The van der Waals surface area contributed by atoms with Crippen LogP contribution in [0.25, 0.3) is 0 Å². The molecule has 62 heavy (non-hydrogen) atoms. The van der Waals surface area contributed by atoms with Crippen molar-refractivity contribution < 1.29 is 9.59 Å². The van der Waals surface area contributed by atoms with Crippen LogP contribution >= 0.6 is 15.8 Å². The molecule has 8 heteroatoms. The predicted molar refractivity (Wildman–Crippen MR) is 265 cm³/mol. The van der Waals surface area contributed by atoms with Crippen LogP contribution in [0.4, 0.5) is 0 Å². The van der Waals surface area contributed by atoms with Crippen LogP contribution in [0.2, 0.25) is 0 Å². The highest BCUT2D eigenvalue weighted by Gasteiger charge is 2.30. The summed E-state index contributed by atoms with van der Waals surface area (Å²) in [5, 5.41) is 21.8. The smallest absolute Gasteiger partial charge is 0.252 e. The quantitative estimate of drug-likeness (QED) is 0.0664. The van der Waals surface area contributed by atoms with E-state index in [1.54, 1.807) is 0 Å². The molecule has 4 atom stereocenters. The lowest BCUT2D eigenvalue weighted by Crippen LogP contribution is -2.57. The highest BCUT2D eigenvalue weighted by atomic mass is 31.1. The lowest BCUT2D eigenvalue weighted by Gasteiger charge is -2.36. The standard InChI is InChI=1S/C54H62N4O2P2/c1-39(2)49(57-53(59)45-31-17-21-35-51(45)61(41-23-9-5-10-24-41)42-25-11-6-12-26-42)37-55-47-33-19-20-34-48(47)56-38-50(40(3)4)58-54(60)46-32-18-22-36-52(46)62(43-27-13-7-14-28-43)44-29-15-8-16-30-44/h5-18,21-32,35-36,39-40,47-50,55-56H,19-20,33-34,37-38H2,1-4H3,(H,57,59)(H,58,60)/t47-,48-,49-,50-/m1/s1. The minimum atomic E-state index is -0.932. The molecule has 1 aliphatic carbocycles. The summed E-state index contributed by atoms with van der Waals surface area (Å²) in [7, 11) is -1.86. The SMILES string of the molecule is CC(C)[C@@H](CN[C@@H]1CCCC[C@H]1NC[C@@H](NC(=O)c1ccccc1P(c1ccccc1)c1ccccc1)C(C)C)NC(=O)c1ccccc1P(c1ccccc1)c1ccccc1. The molecule has 0 bridgehead atoms. The third-order valence-electron chi connectivity index (χ3n) is 12.0. The number of hydrogen-bond acceptors (Lipinski definition) is 4. The Morgan fingerprint density at radius 1 is 0.452 bits per heavy atom. The highest BCUT2D eigenvalue weighted by molar-refractivity contribution is 7.80. The maximum absolute atomic E-state index is 14.3. The van der Waals surface area contributed by atoms with Gasteiger partial charge in [0.25, 0.3) is 11.8 Å². The number of hydrogen-bond donors (Lipinski definition) is 4. The Hall–Kier alpha value is -4.96. The van der Waals surface area contributed by atoms with Crippen molar-refractivity contribution in [3.8, 4) is 0 Å². The molecule has 0 aliphatic heterocycles. The van der Waals surface area contributed by atoms with E-state index in [1.807, 2.05) is 60.7 Å². The molecule has 0 radical (unpaired) electrons. The summed E-state index contributed by atoms with van der Waals surface area (Å²) in [6.45, 7) is 10.1. The Bertz CT molecular complexity index is 2070. The van der Waals surface area contributed by atoms with Gasteiger partial charge < -0.3 is 21.3 Å². The van der Waals surface area contributed by atoms with Gasteiger partial charge in [-0.2, -0.15) is 0 Å². The van der Waals surface area contributed by atoms with Gasteiger partial charge in [-0.1, -0.05) is 198 Å². The number of amides is 2. The molecule has 0 aromatic heterocycles.